The second-order valence-electron chi connectivity index (χ2n) is 16.6. The lowest BCUT2D eigenvalue weighted by molar-refractivity contribution is -0.141. The predicted molar refractivity (Wildman–Crippen MR) is 202 cm³/mol. The van der Waals surface area contributed by atoms with Crippen molar-refractivity contribution in [3.8, 4) is 0 Å². The quantitative estimate of drug-likeness (QED) is 0.242. The Morgan fingerprint density at radius 3 is 2.31 bits per heavy atom. The van der Waals surface area contributed by atoms with Gasteiger partial charge >= 0.3 is 6.09 Å². The Hall–Kier alpha value is -3.77. The van der Waals surface area contributed by atoms with Gasteiger partial charge in [-0.15, -0.1) is 0 Å². The van der Waals surface area contributed by atoms with E-state index in [0.29, 0.717) is 63.0 Å². The molecule has 0 saturated carbocycles. The van der Waals surface area contributed by atoms with Crippen LogP contribution in [0.4, 0.5) is 10.6 Å². The molecule has 2 saturated heterocycles. The SMILES string of the molecule is COCCCNc1nc(C(C)(C)C)ncc1C(=O)N(CC(C)C)[C@H]1C[C@@H](C(=O)N2CCC(OCc3ccccc3)CC2)CN(C(=O)OC(C)(C)C)C1. The molecule has 2 aliphatic heterocycles. The number of hydrogen-bond donors (Lipinski definition) is 1. The first-order valence-corrected chi connectivity index (χ1v) is 18.9. The number of likely N-dealkylation sites (tertiary alicyclic amines) is 2. The van der Waals surface area contributed by atoms with Crippen molar-refractivity contribution in [1.82, 2.24) is 24.7 Å². The molecule has 12 heteroatoms. The summed E-state index contributed by atoms with van der Waals surface area (Å²) in [5.74, 6) is 0.485. The molecule has 0 radical (unpaired) electrons. The third-order valence-electron chi connectivity index (χ3n) is 9.28. The molecular weight excluding hydrogens is 660 g/mol. The zero-order chi connectivity index (χ0) is 38.1. The van der Waals surface area contributed by atoms with E-state index in [1.807, 2.05) is 69.5 Å². The van der Waals surface area contributed by atoms with Gasteiger partial charge in [-0.05, 0) is 57.9 Å². The zero-order valence-electron chi connectivity index (χ0n) is 32.9. The molecule has 52 heavy (non-hydrogen) atoms. The van der Waals surface area contributed by atoms with Crippen LogP contribution >= 0.6 is 0 Å². The fraction of sp³-hybridized carbons (Fsp3) is 0.675. The number of benzene rings is 1. The van der Waals surface area contributed by atoms with E-state index < -0.39 is 23.7 Å². The van der Waals surface area contributed by atoms with Crippen molar-refractivity contribution in [2.75, 3.05) is 58.3 Å². The molecule has 288 valence electrons. The van der Waals surface area contributed by atoms with Gasteiger partial charge in [0.15, 0.2) is 0 Å². The molecule has 1 aromatic heterocycles. The van der Waals surface area contributed by atoms with E-state index in [1.165, 1.54) is 0 Å². The third kappa shape index (κ3) is 11.9. The largest absolute Gasteiger partial charge is 0.444 e. The second kappa shape index (κ2) is 18.3. The number of carbonyl (C=O) groups excluding carboxylic acids is 3. The first-order valence-electron chi connectivity index (χ1n) is 18.9. The zero-order valence-corrected chi connectivity index (χ0v) is 32.9. The Bertz CT molecular complexity index is 1470. The predicted octanol–water partition coefficient (Wildman–Crippen LogP) is 6.15. The highest BCUT2D eigenvalue weighted by atomic mass is 16.6. The summed E-state index contributed by atoms with van der Waals surface area (Å²) in [5, 5.41) is 3.36. The van der Waals surface area contributed by atoms with Crippen molar-refractivity contribution < 1.29 is 28.6 Å². The molecule has 2 aliphatic rings. The summed E-state index contributed by atoms with van der Waals surface area (Å²) in [7, 11) is 1.66. The number of carbonyl (C=O) groups is 3. The lowest BCUT2D eigenvalue weighted by atomic mass is 9.90. The summed E-state index contributed by atoms with van der Waals surface area (Å²) in [6.45, 7) is 19.5. The van der Waals surface area contributed by atoms with Crippen molar-refractivity contribution >= 4 is 23.7 Å². The van der Waals surface area contributed by atoms with Gasteiger partial charge in [0, 0.05) is 64.6 Å². The number of piperidine rings is 2. The molecule has 3 heterocycles. The van der Waals surface area contributed by atoms with E-state index in [0.717, 1.165) is 24.8 Å². The highest BCUT2D eigenvalue weighted by Gasteiger charge is 2.42. The average molecular weight is 723 g/mol. The van der Waals surface area contributed by atoms with Crippen LogP contribution in [0.5, 0.6) is 0 Å². The van der Waals surface area contributed by atoms with Crippen LogP contribution in [-0.4, -0.2) is 113 Å². The monoisotopic (exact) mass is 722 g/mol. The van der Waals surface area contributed by atoms with Crippen LogP contribution < -0.4 is 5.32 Å². The van der Waals surface area contributed by atoms with Crippen LogP contribution in [0.15, 0.2) is 36.5 Å². The lowest BCUT2D eigenvalue weighted by Crippen LogP contribution is -2.58. The number of ether oxygens (including phenoxy) is 3. The molecular formula is C40H62N6O6. The smallest absolute Gasteiger partial charge is 0.410 e. The molecule has 2 atom stereocenters. The van der Waals surface area contributed by atoms with Crippen LogP contribution in [0.1, 0.15) is 103 Å². The van der Waals surface area contributed by atoms with Crippen LogP contribution in [0.2, 0.25) is 0 Å². The van der Waals surface area contributed by atoms with Crippen molar-refractivity contribution in [2.24, 2.45) is 11.8 Å². The second-order valence-corrected chi connectivity index (χ2v) is 16.6. The number of amides is 3. The summed E-state index contributed by atoms with van der Waals surface area (Å²) in [6, 6.07) is 9.67. The maximum atomic E-state index is 14.7. The molecule has 2 aromatic rings. The summed E-state index contributed by atoms with van der Waals surface area (Å²) < 4.78 is 17.2. The van der Waals surface area contributed by atoms with Crippen LogP contribution in [0.25, 0.3) is 0 Å². The van der Waals surface area contributed by atoms with Gasteiger partial charge in [-0.2, -0.15) is 0 Å². The Labute approximate surface area is 311 Å². The van der Waals surface area contributed by atoms with Crippen molar-refractivity contribution in [2.45, 2.75) is 111 Å². The summed E-state index contributed by atoms with van der Waals surface area (Å²) in [6.07, 6.45) is 3.85. The van der Waals surface area contributed by atoms with Crippen molar-refractivity contribution in [3.05, 3.63) is 53.5 Å². The van der Waals surface area contributed by atoms with E-state index in [9.17, 15) is 14.4 Å². The maximum absolute atomic E-state index is 14.7. The van der Waals surface area contributed by atoms with Gasteiger partial charge in [-0.3, -0.25) is 9.59 Å². The summed E-state index contributed by atoms with van der Waals surface area (Å²) in [4.78, 5) is 57.3. The van der Waals surface area contributed by atoms with E-state index in [2.05, 4.69) is 36.3 Å². The Morgan fingerprint density at radius 2 is 1.69 bits per heavy atom. The number of aromatic nitrogens is 2. The maximum Gasteiger partial charge on any atom is 0.410 e. The number of nitrogens with one attached hydrogen (secondary N) is 1. The topological polar surface area (TPSA) is 126 Å². The summed E-state index contributed by atoms with van der Waals surface area (Å²) >= 11 is 0. The van der Waals surface area contributed by atoms with Crippen LogP contribution in [0, 0.1) is 11.8 Å². The van der Waals surface area contributed by atoms with Gasteiger partial charge in [0.1, 0.15) is 22.8 Å². The van der Waals surface area contributed by atoms with Crippen molar-refractivity contribution in [3.63, 3.8) is 0 Å². The Morgan fingerprint density at radius 1 is 1.00 bits per heavy atom. The van der Waals surface area contributed by atoms with E-state index in [-0.39, 0.29) is 42.3 Å². The molecule has 0 bridgehead atoms. The molecule has 0 spiro atoms. The van der Waals surface area contributed by atoms with Crippen molar-refractivity contribution in [1.29, 1.82) is 0 Å². The minimum absolute atomic E-state index is 0.00456. The Kier molecular flexibility index (Phi) is 14.4. The first-order chi connectivity index (χ1) is 24.6. The molecule has 2 fully saturated rings. The molecule has 3 amide bonds. The molecule has 1 N–H and O–H groups in total. The van der Waals surface area contributed by atoms with E-state index in [1.54, 1.807) is 18.2 Å². The average Bonchev–Trinajstić information content (AvgIpc) is 3.10. The summed E-state index contributed by atoms with van der Waals surface area (Å²) in [5.41, 5.74) is 0.451. The number of rotatable bonds is 13. The fourth-order valence-corrected chi connectivity index (χ4v) is 6.65. The molecule has 0 aliphatic carbocycles. The van der Waals surface area contributed by atoms with Gasteiger partial charge in [-0.1, -0.05) is 65.0 Å². The number of hydrogen-bond acceptors (Lipinski definition) is 9. The van der Waals surface area contributed by atoms with Gasteiger partial charge < -0.3 is 34.2 Å². The van der Waals surface area contributed by atoms with Gasteiger partial charge in [0.25, 0.3) is 5.91 Å². The standard InChI is InChI=1S/C40H62N6O6/c1-28(2)24-46(36(48)33-23-42-37(39(3,4)5)43-34(33)41-18-13-21-50-9)31-22-30(25-45(26-31)38(49)52-40(6,7)8)35(47)44-19-16-32(17-20-44)51-27-29-14-11-10-12-15-29/h10-12,14-15,23,28,30-32H,13,16-22,24-27H2,1-9H3,(H,41,42,43)/t30-,31+/m1/s1. The minimum atomic E-state index is -0.714. The number of anilines is 1. The highest BCUT2D eigenvalue weighted by molar-refractivity contribution is 5.98. The van der Waals surface area contributed by atoms with E-state index in [4.69, 9.17) is 19.2 Å². The number of nitrogens with zero attached hydrogens (tertiary/aromatic N) is 5. The van der Waals surface area contributed by atoms with E-state index >= 15 is 0 Å². The highest BCUT2D eigenvalue weighted by Crippen LogP contribution is 2.30. The molecule has 12 nitrogen and oxygen atoms in total. The van der Waals surface area contributed by atoms with Crippen LogP contribution in [0.3, 0.4) is 0 Å². The first kappa shape index (κ1) is 41.0. The molecule has 1 aromatic carbocycles. The van der Waals surface area contributed by atoms with Gasteiger partial charge in [0.2, 0.25) is 5.91 Å². The Balaban J connectivity index is 1.58. The third-order valence-corrected chi connectivity index (χ3v) is 9.28. The molecule has 0 unspecified atom stereocenters. The lowest BCUT2D eigenvalue weighted by Gasteiger charge is -2.44. The number of methoxy groups -OCH3 is 1. The normalized spacial score (nSPS) is 18.7. The minimum Gasteiger partial charge on any atom is -0.444 e. The fourth-order valence-electron chi connectivity index (χ4n) is 6.65. The van der Waals surface area contributed by atoms with Gasteiger partial charge in [0.05, 0.1) is 24.7 Å². The molecule has 4 rings (SSSR count). The van der Waals surface area contributed by atoms with Crippen LogP contribution in [-0.2, 0) is 31.0 Å². The van der Waals surface area contributed by atoms with Gasteiger partial charge in [-0.25, -0.2) is 14.8 Å².